The van der Waals surface area contributed by atoms with Crippen molar-refractivity contribution in [3.63, 3.8) is 0 Å². The van der Waals surface area contributed by atoms with Crippen LogP contribution in [0.25, 0.3) is 0 Å². The number of amides is 2. The van der Waals surface area contributed by atoms with Crippen LogP contribution >= 0.6 is 0 Å². The number of nitrogens with zero attached hydrogens (tertiary/aromatic N) is 1. The van der Waals surface area contributed by atoms with Gasteiger partial charge in [0, 0.05) is 16.9 Å². The number of rotatable bonds is 6. The molecule has 27 heavy (non-hydrogen) atoms. The van der Waals surface area contributed by atoms with E-state index in [-0.39, 0.29) is 24.7 Å². The fraction of sp³-hybridized carbons (Fsp3) is 0.158. The summed E-state index contributed by atoms with van der Waals surface area (Å²) in [5, 5.41) is 13.8. The smallest absolute Gasteiger partial charge is 0.434 e. The molecule has 0 aliphatic heterocycles. The van der Waals surface area contributed by atoms with Crippen LogP contribution in [0.2, 0.25) is 0 Å². The lowest BCUT2D eigenvalue weighted by molar-refractivity contribution is -0.115. The molecular formula is C19H17N3O5. The second kappa shape index (κ2) is 9.58. The van der Waals surface area contributed by atoms with Gasteiger partial charge in [-0.15, -0.1) is 0 Å². The van der Waals surface area contributed by atoms with Gasteiger partial charge in [-0.3, -0.25) is 9.59 Å². The molecule has 0 bridgehead atoms. The number of carbonyl (C=O) groups excluding carboxylic acids is 3. The fourth-order valence-electron chi connectivity index (χ4n) is 2.07. The van der Waals surface area contributed by atoms with Gasteiger partial charge in [0.1, 0.15) is 12.2 Å². The minimum atomic E-state index is -0.815. The van der Waals surface area contributed by atoms with Gasteiger partial charge in [-0.1, -0.05) is 6.07 Å². The Bertz CT molecular complexity index is 872. The Kier molecular flexibility index (Phi) is 6.91. The molecule has 2 aromatic rings. The van der Waals surface area contributed by atoms with E-state index in [1.807, 2.05) is 0 Å². The van der Waals surface area contributed by atoms with E-state index in [0.29, 0.717) is 16.9 Å². The Morgan fingerprint density at radius 2 is 1.70 bits per heavy atom. The van der Waals surface area contributed by atoms with Crippen molar-refractivity contribution in [1.29, 1.82) is 5.26 Å². The summed E-state index contributed by atoms with van der Waals surface area (Å²) in [7, 11) is 0. The van der Waals surface area contributed by atoms with Crippen molar-refractivity contribution >= 4 is 29.3 Å². The van der Waals surface area contributed by atoms with Crippen molar-refractivity contribution in [3.8, 4) is 11.8 Å². The first-order chi connectivity index (χ1) is 13.0. The van der Waals surface area contributed by atoms with Crippen LogP contribution in [0.3, 0.4) is 0 Å². The van der Waals surface area contributed by atoms with Gasteiger partial charge in [-0.25, -0.2) is 4.79 Å². The Hall–Kier alpha value is -3.86. The molecule has 0 radical (unpaired) electrons. The standard InChI is InChI=1S/C19H17N3O5/c1-2-26-19(25)27-16-8-6-13(7-9-16)18(24)22-15-5-3-4-14(12-15)21-17(23)10-11-20/h3-9,12H,2,10H2,1H3,(H,21,23)(H,22,24). The van der Waals surface area contributed by atoms with Crippen molar-refractivity contribution in [2.75, 3.05) is 17.2 Å². The van der Waals surface area contributed by atoms with E-state index in [2.05, 4.69) is 15.4 Å². The highest BCUT2D eigenvalue weighted by molar-refractivity contribution is 6.04. The van der Waals surface area contributed by atoms with Gasteiger partial charge in [0.15, 0.2) is 0 Å². The molecule has 2 aromatic carbocycles. The molecule has 0 saturated heterocycles. The van der Waals surface area contributed by atoms with Crippen LogP contribution in [-0.4, -0.2) is 24.6 Å². The molecule has 0 spiro atoms. The van der Waals surface area contributed by atoms with Crippen molar-refractivity contribution < 1.29 is 23.9 Å². The summed E-state index contributed by atoms with van der Waals surface area (Å²) < 4.78 is 9.59. The predicted octanol–water partition coefficient (Wildman–Crippen LogP) is 3.33. The molecule has 0 aliphatic carbocycles. The van der Waals surface area contributed by atoms with Gasteiger partial charge in [0.2, 0.25) is 5.91 Å². The number of hydrogen-bond donors (Lipinski definition) is 2. The molecule has 0 atom stereocenters. The van der Waals surface area contributed by atoms with Gasteiger partial charge >= 0.3 is 6.16 Å². The Morgan fingerprint density at radius 3 is 2.33 bits per heavy atom. The first-order valence-corrected chi connectivity index (χ1v) is 8.04. The second-order valence-corrected chi connectivity index (χ2v) is 5.23. The summed E-state index contributed by atoms with van der Waals surface area (Å²) in [4.78, 5) is 35.0. The second-order valence-electron chi connectivity index (χ2n) is 5.23. The quantitative estimate of drug-likeness (QED) is 0.597. The maximum atomic E-state index is 12.3. The third-order valence-electron chi connectivity index (χ3n) is 3.22. The van der Waals surface area contributed by atoms with Crippen molar-refractivity contribution in [2.24, 2.45) is 0 Å². The summed E-state index contributed by atoms with van der Waals surface area (Å²) in [5.74, 6) is -0.552. The van der Waals surface area contributed by atoms with E-state index < -0.39 is 12.1 Å². The van der Waals surface area contributed by atoms with Crippen LogP contribution in [0.4, 0.5) is 16.2 Å². The largest absolute Gasteiger partial charge is 0.513 e. The zero-order chi connectivity index (χ0) is 19.6. The molecule has 0 heterocycles. The normalized spacial score (nSPS) is 9.63. The van der Waals surface area contributed by atoms with E-state index in [9.17, 15) is 14.4 Å². The highest BCUT2D eigenvalue weighted by atomic mass is 16.7. The molecule has 0 fully saturated rings. The number of anilines is 2. The lowest BCUT2D eigenvalue weighted by Gasteiger charge is -2.09. The molecule has 0 aromatic heterocycles. The molecule has 0 unspecified atom stereocenters. The summed E-state index contributed by atoms with van der Waals surface area (Å²) in [6.07, 6.45) is -1.07. The number of nitriles is 1. The summed E-state index contributed by atoms with van der Waals surface area (Å²) in [6, 6.07) is 14.3. The first kappa shape index (κ1) is 19.5. The summed E-state index contributed by atoms with van der Waals surface area (Å²) in [5.41, 5.74) is 1.29. The highest BCUT2D eigenvalue weighted by Gasteiger charge is 2.09. The number of hydrogen-bond acceptors (Lipinski definition) is 6. The van der Waals surface area contributed by atoms with Crippen molar-refractivity contribution in [1.82, 2.24) is 0 Å². The maximum absolute atomic E-state index is 12.3. The van der Waals surface area contributed by atoms with Crippen molar-refractivity contribution in [3.05, 3.63) is 54.1 Å². The summed E-state index contributed by atoms with van der Waals surface area (Å²) in [6.45, 7) is 1.87. The van der Waals surface area contributed by atoms with E-state index in [4.69, 9.17) is 10.00 Å². The molecule has 2 amide bonds. The van der Waals surface area contributed by atoms with Crippen LogP contribution in [0.15, 0.2) is 48.5 Å². The topological polar surface area (TPSA) is 118 Å². The SMILES string of the molecule is CCOC(=O)Oc1ccc(C(=O)Nc2cccc(NC(=O)CC#N)c2)cc1. The first-order valence-electron chi connectivity index (χ1n) is 8.04. The summed E-state index contributed by atoms with van der Waals surface area (Å²) >= 11 is 0. The van der Waals surface area contributed by atoms with E-state index >= 15 is 0 Å². The maximum Gasteiger partial charge on any atom is 0.513 e. The third-order valence-corrected chi connectivity index (χ3v) is 3.22. The third kappa shape index (κ3) is 6.17. The van der Waals surface area contributed by atoms with E-state index in [1.54, 1.807) is 37.3 Å². The van der Waals surface area contributed by atoms with E-state index in [0.717, 1.165) is 0 Å². The van der Waals surface area contributed by atoms with Crippen LogP contribution in [0.1, 0.15) is 23.7 Å². The number of benzene rings is 2. The lowest BCUT2D eigenvalue weighted by Crippen LogP contribution is -2.13. The zero-order valence-electron chi connectivity index (χ0n) is 14.5. The van der Waals surface area contributed by atoms with Gasteiger partial charge in [0.25, 0.3) is 5.91 Å². The average molecular weight is 367 g/mol. The van der Waals surface area contributed by atoms with Crippen LogP contribution < -0.4 is 15.4 Å². The predicted molar refractivity (Wildman–Crippen MR) is 97.3 cm³/mol. The average Bonchev–Trinajstić information content (AvgIpc) is 2.63. The van der Waals surface area contributed by atoms with Gasteiger partial charge in [-0.05, 0) is 49.4 Å². The van der Waals surface area contributed by atoms with Crippen LogP contribution in [-0.2, 0) is 9.53 Å². The minimum Gasteiger partial charge on any atom is -0.434 e. The van der Waals surface area contributed by atoms with Gasteiger partial charge < -0.3 is 20.1 Å². The lowest BCUT2D eigenvalue weighted by atomic mass is 10.2. The molecule has 8 heteroatoms. The molecule has 138 valence electrons. The van der Waals surface area contributed by atoms with E-state index in [1.165, 1.54) is 24.3 Å². The molecule has 2 rings (SSSR count). The van der Waals surface area contributed by atoms with Crippen LogP contribution in [0, 0.1) is 11.3 Å². The Morgan fingerprint density at radius 1 is 1.04 bits per heavy atom. The molecule has 0 aliphatic rings. The van der Waals surface area contributed by atoms with Crippen molar-refractivity contribution in [2.45, 2.75) is 13.3 Å². The number of ether oxygens (including phenoxy) is 2. The zero-order valence-corrected chi connectivity index (χ0v) is 14.5. The molecule has 2 N–H and O–H groups in total. The van der Waals surface area contributed by atoms with Gasteiger partial charge in [-0.2, -0.15) is 5.26 Å². The number of carbonyl (C=O) groups is 3. The van der Waals surface area contributed by atoms with Gasteiger partial charge in [0.05, 0.1) is 12.7 Å². The minimum absolute atomic E-state index is 0.204. The fourth-order valence-corrected chi connectivity index (χ4v) is 2.07. The highest BCUT2D eigenvalue weighted by Crippen LogP contribution is 2.18. The van der Waals surface area contributed by atoms with Crippen LogP contribution in [0.5, 0.6) is 5.75 Å². The Labute approximate surface area is 155 Å². The molecule has 0 saturated carbocycles. The number of nitrogens with one attached hydrogen (secondary N) is 2. The molecule has 8 nitrogen and oxygen atoms in total. The monoisotopic (exact) mass is 367 g/mol. The molecular weight excluding hydrogens is 350 g/mol. The Balaban J connectivity index is 1.99.